The Kier molecular flexibility index (Phi) is 5.82. The van der Waals surface area contributed by atoms with Crippen molar-refractivity contribution in [3.05, 3.63) is 45.8 Å². The zero-order chi connectivity index (χ0) is 22.0. The van der Waals surface area contributed by atoms with Crippen LogP contribution < -0.4 is 5.73 Å². The van der Waals surface area contributed by atoms with Crippen LogP contribution in [0.4, 0.5) is 5.82 Å². The number of aryl methyl sites for hydroxylation is 1. The van der Waals surface area contributed by atoms with Crippen molar-refractivity contribution in [2.24, 2.45) is 0 Å². The van der Waals surface area contributed by atoms with Gasteiger partial charge in [0.25, 0.3) is 0 Å². The van der Waals surface area contributed by atoms with E-state index < -0.39 is 11.9 Å². The molecule has 0 spiro atoms. The number of carbonyl (C=O) groups excluding carboxylic acids is 2. The molecule has 0 aliphatic rings. The number of hydrogen-bond donors (Lipinski definition) is 1. The van der Waals surface area contributed by atoms with Gasteiger partial charge in [-0.2, -0.15) is 0 Å². The van der Waals surface area contributed by atoms with Gasteiger partial charge in [-0.1, -0.05) is 0 Å². The van der Waals surface area contributed by atoms with Gasteiger partial charge in [0.2, 0.25) is 0 Å². The molecule has 31 heavy (non-hydrogen) atoms. The van der Waals surface area contributed by atoms with Crippen LogP contribution in [0.1, 0.15) is 38.5 Å². The molecule has 4 aromatic rings. The Bertz CT molecular complexity index is 1270. The van der Waals surface area contributed by atoms with Crippen molar-refractivity contribution in [3.8, 4) is 10.8 Å². The summed E-state index contributed by atoms with van der Waals surface area (Å²) in [5.74, 6) is -0.208. The molecule has 0 saturated heterocycles. The summed E-state index contributed by atoms with van der Waals surface area (Å²) in [6.45, 7) is 3.57. The molecule has 4 rings (SSSR count). The van der Waals surface area contributed by atoms with E-state index in [4.69, 9.17) is 15.2 Å². The first-order valence-electron chi connectivity index (χ1n) is 9.10. The summed E-state index contributed by atoms with van der Waals surface area (Å²) in [4.78, 5) is 46.5. The molecule has 0 aliphatic carbocycles. The van der Waals surface area contributed by atoms with Gasteiger partial charge in [0.1, 0.15) is 15.5 Å². The van der Waals surface area contributed by atoms with Crippen LogP contribution in [0, 0.1) is 6.92 Å². The Morgan fingerprint density at radius 2 is 1.87 bits per heavy atom. The van der Waals surface area contributed by atoms with Crippen molar-refractivity contribution in [2.75, 3.05) is 12.3 Å². The lowest BCUT2D eigenvalue weighted by Crippen LogP contribution is -2.09. The minimum absolute atomic E-state index is 0.137. The number of rotatable bonds is 6. The number of nitrogens with zero attached hydrogens (tertiary/aromatic N) is 5. The molecule has 0 unspecified atom stereocenters. The normalized spacial score (nSPS) is 10.9. The summed E-state index contributed by atoms with van der Waals surface area (Å²) in [5.41, 5.74) is 6.87. The standard InChI is InChI=1S/C19H16N6O4S2/c1-3-28-19(27)13-9(2)12-14(20)24-11(25-16(12)31-13)7-29-18(26)10-8-30-17(23-10)15-21-5-4-6-22-15/h4-6,8H,3,7H2,1-2H3,(H2,20,24,25). The molecule has 0 saturated carbocycles. The maximum atomic E-state index is 12.4. The number of thiophene rings is 1. The molecule has 2 N–H and O–H groups in total. The predicted molar refractivity (Wildman–Crippen MR) is 115 cm³/mol. The van der Waals surface area contributed by atoms with Gasteiger partial charge in [-0.15, -0.1) is 22.7 Å². The van der Waals surface area contributed by atoms with Gasteiger partial charge in [0, 0.05) is 17.8 Å². The van der Waals surface area contributed by atoms with Crippen LogP contribution in [-0.4, -0.2) is 43.5 Å². The van der Waals surface area contributed by atoms with Crippen molar-refractivity contribution in [2.45, 2.75) is 20.5 Å². The lowest BCUT2D eigenvalue weighted by atomic mass is 10.2. The molecule has 4 heterocycles. The number of fused-ring (bicyclic) bond motifs is 1. The first-order valence-corrected chi connectivity index (χ1v) is 10.8. The molecule has 0 fully saturated rings. The maximum absolute atomic E-state index is 12.4. The van der Waals surface area contributed by atoms with Gasteiger partial charge in [-0.05, 0) is 25.5 Å². The molecular formula is C19H16N6O4S2. The van der Waals surface area contributed by atoms with E-state index in [1.807, 2.05) is 0 Å². The van der Waals surface area contributed by atoms with Crippen molar-refractivity contribution in [3.63, 3.8) is 0 Å². The van der Waals surface area contributed by atoms with Crippen molar-refractivity contribution < 1.29 is 19.1 Å². The highest BCUT2D eigenvalue weighted by Crippen LogP contribution is 2.33. The molecular weight excluding hydrogens is 440 g/mol. The van der Waals surface area contributed by atoms with Gasteiger partial charge < -0.3 is 15.2 Å². The van der Waals surface area contributed by atoms with Crippen molar-refractivity contribution >= 4 is 50.6 Å². The van der Waals surface area contributed by atoms with Crippen LogP contribution in [0.3, 0.4) is 0 Å². The fraction of sp³-hybridized carbons (Fsp3) is 0.211. The van der Waals surface area contributed by atoms with Gasteiger partial charge in [-0.25, -0.2) is 34.5 Å². The number of aromatic nitrogens is 5. The van der Waals surface area contributed by atoms with Gasteiger partial charge in [0.15, 0.2) is 29.0 Å². The van der Waals surface area contributed by atoms with Crippen LogP contribution >= 0.6 is 22.7 Å². The maximum Gasteiger partial charge on any atom is 0.358 e. The summed E-state index contributed by atoms with van der Waals surface area (Å²) in [7, 11) is 0. The number of nitrogens with two attached hydrogens (primary N) is 1. The average molecular weight is 457 g/mol. The molecule has 0 amide bonds. The number of hydrogen-bond acceptors (Lipinski definition) is 12. The van der Waals surface area contributed by atoms with E-state index in [1.165, 1.54) is 11.3 Å². The third-order valence-electron chi connectivity index (χ3n) is 4.13. The first-order chi connectivity index (χ1) is 15.0. The van der Waals surface area contributed by atoms with Crippen LogP contribution in [0.15, 0.2) is 23.8 Å². The Hall–Kier alpha value is -3.51. The van der Waals surface area contributed by atoms with E-state index in [1.54, 1.807) is 37.7 Å². The minimum Gasteiger partial charge on any atom is -0.462 e. The number of anilines is 1. The van der Waals surface area contributed by atoms with Crippen LogP contribution in [0.2, 0.25) is 0 Å². The highest BCUT2D eigenvalue weighted by atomic mass is 32.1. The van der Waals surface area contributed by atoms with E-state index in [0.29, 0.717) is 31.5 Å². The Balaban J connectivity index is 1.51. The monoisotopic (exact) mass is 456 g/mol. The van der Waals surface area contributed by atoms with E-state index in [2.05, 4.69) is 24.9 Å². The summed E-state index contributed by atoms with van der Waals surface area (Å²) >= 11 is 2.40. The Morgan fingerprint density at radius 3 is 2.61 bits per heavy atom. The summed E-state index contributed by atoms with van der Waals surface area (Å²) in [6, 6.07) is 1.69. The molecule has 0 aromatic carbocycles. The van der Waals surface area contributed by atoms with Crippen LogP contribution in [-0.2, 0) is 16.1 Å². The number of carbonyl (C=O) groups is 2. The second-order valence-electron chi connectivity index (χ2n) is 6.17. The van der Waals surface area contributed by atoms with Crippen LogP contribution in [0.5, 0.6) is 0 Å². The second kappa shape index (κ2) is 8.70. The van der Waals surface area contributed by atoms with E-state index >= 15 is 0 Å². The number of ether oxygens (including phenoxy) is 2. The molecule has 0 aliphatic heterocycles. The quantitative estimate of drug-likeness (QED) is 0.430. The fourth-order valence-electron chi connectivity index (χ4n) is 2.76. The smallest absolute Gasteiger partial charge is 0.358 e. The van der Waals surface area contributed by atoms with Gasteiger partial charge >= 0.3 is 11.9 Å². The topological polar surface area (TPSA) is 143 Å². The molecule has 158 valence electrons. The number of thiazole rings is 1. The number of nitrogen functional groups attached to an aromatic ring is 1. The Labute approximate surface area is 184 Å². The van der Waals surface area contributed by atoms with Crippen molar-refractivity contribution in [1.82, 2.24) is 24.9 Å². The summed E-state index contributed by atoms with van der Waals surface area (Å²) in [6.07, 6.45) is 3.19. The highest BCUT2D eigenvalue weighted by molar-refractivity contribution is 7.20. The fourth-order valence-corrected chi connectivity index (χ4v) is 4.59. The largest absolute Gasteiger partial charge is 0.462 e. The summed E-state index contributed by atoms with van der Waals surface area (Å²) < 4.78 is 10.4. The lowest BCUT2D eigenvalue weighted by molar-refractivity contribution is 0.0456. The SMILES string of the molecule is CCOC(=O)c1sc2nc(COC(=O)c3csc(-c4ncccn4)n3)nc(N)c2c1C. The molecule has 0 atom stereocenters. The molecule has 10 nitrogen and oxygen atoms in total. The van der Waals surface area contributed by atoms with E-state index in [0.717, 1.165) is 11.3 Å². The third-order valence-corrected chi connectivity index (χ3v) is 6.13. The van der Waals surface area contributed by atoms with Gasteiger partial charge in [-0.3, -0.25) is 0 Å². The zero-order valence-corrected chi connectivity index (χ0v) is 18.1. The van der Waals surface area contributed by atoms with Crippen LogP contribution in [0.25, 0.3) is 21.0 Å². The molecule has 12 heteroatoms. The van der Waals surface area contributed by atoms with Crippen molar-refractivity contribution in [1.29, 1.82) is 0 Å². The third kappa shape index (κ3) is 4.20. The second-order valence-corrected chi connectivity index (χ2v) is 8.03. The Morgan fingerprint density at radius 1 is 1.10 bits per heavy atom. The van der Waals surface area contributed by atoms with E-state index in [9.17, 15) is 9.59 Å². The molecule has 0 bridgehead atoms. The molecule has 4 aromatic heterocycles. The lowest BCUT2D eigenvalue weighted by Gasteiger charge is -2.04. The highest BCUT2D eigenvalue weighted by Gasteiger charge is 2.21. The minimum atomic E-state index is -0.629. The number of esters is 2. The predicted octanol–water partition coefficient (Wildman–Crippen LogP) is 3.03. The van der Waals surface area contributed by atoms with E-state index in [-0.39, 0.29) is 30.5 Å². The average Bonchev–Trinajstić information content (AvgIpc) is 3.38. The first kappa shape index (κ1) is 20.8. The molecule has 0 radical (unpaired) electrons. The van der Waals surface area contributed by atoms with Gasteiger partial charge in [0.05, 0.1) is 12.0 Å². The summed E-state index contributed by atoms with van der Waals surface area (Å²) in [5, 5.41) is 2.67. The zero-order valence-electron chi connectivity index (χ0n) is 16.5.